The fraction of sp³-hybridized carbons (Fsp3) is 0.256. The fourth-order valence-electron chi connectivity index (χ4n) is 6.26. The molecule has 6 rings (SSSR count). The van der Waals surface area contributed by atoms with E-state index in [-0.39, 0.29) is 23.3 Å². The summed E-state index contributed by atoms with van der Waals surface area (Å²) in [5, 5.41) is 19.2. The summed E-state index contributed by atoms with van der Waals surface area (Å²) in [5.74, 6) is -0.955. The lowest BCUT2D eigenvalue weighted by Crippen LogP contribution is -2.34. The van der Waals surface area contributed by atoms with Crippen molar-refractivity contribution in [3.8, 4) is 17.2 Å². The van der Waals surface area contributed by atoms with E-state index in [4.69, 9.17) is 4.74 Å². The molecule has 4 N–H and O–H groups in total. The summed E-state index contributed by atoms with van der Waals surface area (Å²) < 4.78 is 8.05. The molecule has 1 aliphatic heterocycles. The molecule has 5 aromatic rings. The highest BCUT2D eigenvalue weighted by molar-refractivity contribution is 6.04. The van der Waals surface area contributed by atoms with E-state index in [0.29, 0.717) is 28.7 Å². The summed E-state index contributed by atoms with van der Waals surface area (Å²) in [4.78, 5) is 39.7. The Bertz CT molecular complexity index is 1960. The first kappa shape index (κ1) is 33.3. The van der Waals surface area contributed by atoms with E-state index < -0.39 is 12.0 Å². The molecule has 1 unspecified atom stereocenters. The zero-order chi connectivity index (χ0) is 34.5. The highest BCUT2D eigenvalue weighted by Crippen LogP contribution is 2.34. The molecule has 0 saturated carbocycles. The number of para-hydroxylation sites is 1. The molecule has 1 aliphatic rings. The van der Waals surface area contributed by atoms with Gasteiger partial charge in [0, 0.05) is 46.3 Å². The molecule has 10 nitrogen and oxygen atoms in total. The molecule has 3 amide bonds. The Labute approximate surface area is 285 Å². The summed E-state index contributed by atoms with van der Waals surface area (Å²) in [6.45, 7) is 8.19. The van der Waals surface area contributed by atoms with Crippen LogP contribution in [0.25, 0.3) is 16.6 Å². The topological polar surface area (TPSA) is 125 Å². The standard InChI is InChI=1S/C39H41N5O5/c1-25(2)40-39(48)42-29-15-20-36(33(23-29)38(46)47)49-31-18-13-28(14-19-31)41-37(45)27-11-16-30(17-12-27)44-24-34(32-9-5-6-10-35(32)44)26(3)43-21-7-4-8-22-43/h5-6,9-20,23-26H,4,7-8,21-22H2,1-3H3,(H,41,45)(H,46,47)(H2,40,42,48). The molecule has 2 heterocycles. The third kappa shape index (κ3) is 7.76. The number of anilines is 2. The fourth-order valence-corrected chi connectivity index (χ4v) is 6.26. The Morgan fingerprint density at radius 1 is 0.796 bits per heavy atom. The lowest BCUT2D eigenvalue weighted by atomic mass is 10.0. The largest absolute Gasteiger partial charge is 0.478 e. The van der Waals surface area contributed by atoms with E-state index >= 15 is 0 Å². The van der Waals surface area contributed by atoms with E-state index in [1.807, 2.05) is 38.1 Å². The Hall–Kier alpha value is -5.61. The average molecular weight is 660 g/mol. The number of carboxylic acids is 1. The highest BCUT2D eigenvalue weighted by Gasteiger charge is 2.22. The zero-order valence-electron chi connectivity index (χ0n) is 27.9. The maximum absolute atomic E-state index is 13.2. The van der Waals surface area contributed by atoms with Gasteiger partial charge < -0.3 is 30.4 Å². The van der Waals surface area contributed by atoms with Gasteiger partial charge in [-0.05, 0) is 125 Å². The molecule has 0 radical (unpaired) electrons. The first-order valence-electron chi connectivity index (χ1n) is 16.6. The Balaban J connectivity index is 1.12. The van der Waals surface area contributed by atoms with Crippen molar-refractivity contribution in [1.29, 1.82) is 0 Å². The minimum Gasteiger partial charge on any atom is -0.478 e. The second-order valence-corrected chi connectivity index (χ2v) is 12.6. The van der Waals surface area contributed by atoms with Crippen LogP contribution in [0.2, 0.25) is 0 Å². The van der Waals surface area contributed by atoms with Crippen molar-refractivity contribution in [3.05, 3.63) is 114 Å². The summed E-state index contributed by atoms with van der Waals surface area (Å²) in [7, 11) is 0. The second kappa shape index (κ2) is 14.7. The maximum Gasteiger partial charge on any atom is 0.339 e. The Morgan fingerprint density at radius 2 is 1.49 bits per heavy atom. The van der Waals surface area contributed by atoms with E-state index in [1.54, 1.807) is 30.3 Å². The summed E-state index contributed by atoms with van der Waals surface area (Å²) >= 11 is 0. The number of carbonyl (C=O) groups excluding carboxylic acids is 2. The van der Waals surface area contributed by atoms with Gasteiger partial charge in [-0.2, -0.15) is 0 Å². The van der Waals surface area contributed by atoms with Gasteiger partial charge >= 0.3 is 12.0 Å². The molecule has 252 valence electrons. The number of likely N-dealkylation sites (tertiary alicyclic amines) is 1. The van der Waals surface area contributed by atoms with Crippen LogP contribution >= 0.6 is 0 Å². The molecule has 0 aliphatic carbocycles. The van der Waals surface area contributed by atoms with Crippen molar-refractivity contribution in [2.75, 3.05) is 23.7 Å². The number of ether oxygens (including phenoxy) is 1. The highest BCUT2D eigenvalue weighted by atomic mass is 16.5. The van der Waals surface area contributed by atoms with Gasteiger partial charge in [0.1, 0.15) is 17.1 Å². The molecular formula is C39H41N5O5. The molecule has 49 heavy (non-hydrogen) atoms. The predicted octanol–water partition coefficient (Wildman–Crippen LogP) is 8.45. The minimum atomic E-state index is -1.20. The van der Waals surface area contributed by atoms with Gasteiger partial charge in [0.15, 0.2) is 0 Å². The number of aromatic nitrogens is 1. The van der Waals surface area contributed by atoms with Crippen LogP contribution in [0.4, 0.5) is 16.2 Å². The zero-order valence-corrected chi connectivity index (χ0v) is 27.9. The number of nitrogens with zero attached hydrogens (tertiary/aromatic N) is 2. The molecule has 10 heteroatoms. The lowest BCUT2D eigenvalue weighted by molar-refractivity contribution is 0.0694. The molecule has 1 saturated heterocycles. The number of fused-ring (bicyclic) bond motifs is 1. The number of amides is 3. The van der Waals surface area contributed by atoms with Crippen LogP contribution in [0.5, 0.6) is 11.5 Å². The molecule has 0 spiro atoms. The van der Waals surface area contributed by atoms with Gasteiger partial charge in [-0.3, -0.25) is 9.69 Å². The number of urea groups is 1. The van der Waals surface area contributed by atoms with Crippen molar-refractivity contribution in [2.45, 2.75) is 52.1 Å². The third-order valence-electron chi connectivity index (χ3n) is 8.77. The van der Waals surface area contributed by atoms with Gasteiger partial charge in [0.25, 0.3) is 5.91 Å². The second-order valence-electron chi connectivity index (χ2n) is 12.6. The van der Waals surface area contributed by atoms with E-state index in [0.717, 1.165) is 24.3 Å². The van der Waals surface area contributed by atoms with Crippen LogP contribution < -0.4 is 20.7 Å². The van der Waals surface area contributed by atoms with Crippen LogP contribution in [-0.4, -0.2) is 51.6 Å². The number of benzene rings is 4. The number of piperidine rings is 1. The van der Waals surface area contributed by atoms with Crippen LogP contribution in [0.3, 0.4) is 0 Å². The maximum atomic E-state index is 13.2. The number of aromatic carboxylic acids is 1. The molecule has 4 aromatic carbocycles. The van der Waals surface area contributed by atoms with Crippen LogP contribution in [0, 0.1) is 0 Å². The number of carboxylic acid groups (broad SMARTS) is 1. The molecular weight excluding hydrogens is 618 g/mol. The van der Waals surface area contributed by atoms with E-state index in [1.165, 1.54) is 42.3 Å². The summed E-state index contributed by atoms with van der Waals surface area (Å²) in [6, 6.07) is 26.9. The average Bonchev–Trinajstić information content (AvgIpc) is 3.49. The van der Waals surface area contributed by atoms with Crippen LogP contribution in [-0.2, 0) is 0 Å². The van der Waals surface area contributed by atoms with Crippen molar-refractivity contribution in [2.24, 2.45) is 0 Å². The molecule has 1 atom stereocenters. The number of hydrogen-bond donors (Lipinski definition) is 4. The van der Waals surface area contributed by atoms with Gasteiger partial charge in [-0.25, -0.2) is 9.59 Å². The Morgan fingerprint density at radius 3 is 2.18 bits per heavy atom. The lowest BCUT2D eigenvalue weighted by Gasteiger charge is -2.32. The van der Waals surface area contributed by atoms with Gasteiger partial charge in [-0.1, -0.05) is 24.6 Å². The van der Waals surface area contributed by atoms with E-state index in [2.05, 4.69) is 62.8 Å². The smallest absolute Gasteiger partial charge is 0.339 e. The molecule has 1 aromatic heterocycles. The quantitative estimate of drug-likeness (QED) is 0.119. The first-order chi connectivity index (χ1) is 23.7. The molecule has 1 fully saturated rings. The van der Waals surface area contributed by atoms with Gasteiger partial charge in [0.2, 0.25) is 0 Å². The SMILES string of the molecule is CC(C)NC(=O)Nc1ccc(Oc2ccc(NC(=O)c3ccc(-n4cc(C(C)N5CCCCC5)c5ccccc54)cc3)cc2)c(C(=O)O)c1. The normalized spacial score (nSPS) is 14.0. The van der Waals surface area contributed by atoms with Gasteiger partial charge in [0.05, 0.1) is 5.52 Å². The summed E-state index contributed by atoms with van der Waals surface area (Å²) in [6.07, 6.45) is 6.02. The number of nitrogens with one attached hydrogen (secondary N) is 3. The molecule has 0 bridgehead atoms. The van der Waals surface area contributed by atoms with Crippen molar-refractivity contribution in [3.63, 3.8) is 0 Å². The van der Waals surface area contributed by atoms with Crippen LogP contribution in [0.1, 0.15) is 72.4 Å². The summed E-state index contributed by atoms with van der Waals surface area (Å²) in [5.41, 5.74) is 4.72. The van der Waals surface area contributed by atoms with E-state index in [9.17, 15) is 19.5 Å². The number of hydrogen-bond acceptors (Lipinski definition) is 5. The monoisotopic (exact) mass is 659 g/mol. The number of rotatable bonds is 10. The van der Waals surface area contributed by atoms with Crippen molar-refractivity contribution < 1.29 is 24.2 Å². The predicted molar refractivity (Wildman–Crippen MR) is 192 cm³/mol. The third-order valence-corrected chi connectivity index (χ3v) is 8.77. The number of carbonyl (C=O) groups is 3. The Kier molecular flexibility index (Phi) is 9.96. The van der Waals surface area contributed by atoms with Crippen LogP contribution in [0.15, 0.2) is 97.2 Å². The first-order valence-corrected chi connectivity index (χ1v) is 16.6. The van der Waals surface area contributed by atoms with Crippen molar-refractivity contribution in [1.82, 2.24) is 14.8 Å². The van der Waals surface area contributed by atoms with Gasteiger partial charge in [-0.15, -0.1) is 0 Å². The minimum absolute atomic E-state index is 0.0713. The van der Waals surface area contributed by atoms with Crippen molar-refractivity contribution >= 4 is 40.2 Å².